The molecule has 0 fully saturated rings. The van der Waals surface area contributed by atoms with Crippen LogP contribution in [0.15, 0.2) is 162 Å². The number of rotatable bonds is 6. The Balaban J connectivity index is 1.24. The predicted octanol–water partition coefficient (Wildman–Crippen LogP) is 10.6. The van der Waals surface area contributed by atoms with Crippen molar-refractivity contribution < 1.29 is 0 Å². The second-order valence-electron chi connectivity index (χ2n) is 10.3. The molecule has 0 bridgehead atoms. The zero-order valence-corrected chi connectivity index (χ0v) is 24.8. The van der Waals surface area contributed by atoms with E-state index in [1.807, 2.05) is 30.5 Å². The molecule has 0 aliphatic carbocycles. The molecule has 7 rings (SSSR count). The minimum Gasteiger partial charge on any atom is -0.264 e. The zero-order valence-electron chi connectivity index (χ0n) is 23.2. The van der Waals surface area contributed by atoms with Crippen LogP contribution in [0.25, 0.3) is 67.3 Å². The van der Waals surface area contributed by atoms with E-state index in [0.717, 1.165) is 49.2 Å². The van der Waals surface area contributed by atoms with Crippen molar-refractivity contribution in [2.24, 2.45) is 0 Å². The molecule has 0 N–H and O–H groups in total. The van der Waals surface area contributed by atoms with Gasteiger partial charge in [0.2, 0.25) is 0 Å². The summed E-state index contributed by atoms with van der Waals surface area (Å²) < 4.78 is 1.08. The summed E-state index contributed by atoms with van der Waals surface area (Å²) in [6, 6.07) is 50.4. The van der Waals surface area contributed by atoms with E-state index in [1.165, 1.54) is 16.7 Å². The van der Waals surface area contributed by atoms with Crippen molar-refractivity contribution in [3.05, 3.63) is 162 Å². The maximum atomic E-state index is 5.04. The molecular formula is C39H26BrN3. The number of nitrogens with zero attached hydrogens (tertiary/aromatic N) is 3. The molecule has 0 spiro atoms. The molecule has 2 aromatic heterocycles. The Labute approximate surface area is 259 Å². The van der Waals surface area contributed by atoms with Crippen molar-refractivity contribution in [3.63, 3.8) is 0 Å². The van der Waals surface area contributed by atoms with Crippen LogP contribution in [0.3, 0.4) is 0 Å². The molecular weight excluding hydrogens is 590 g/mol. The standard InChI is InChI=1S/C39H26BrN3/c40-36-21-19-28(20-22-36)34-9-4-8-33(24-34)27-11-15-31(16-12-27)38-25-37(30-6-2-1-3-7-30)42-39(43-38)32-17-13-29(14-18-32)35-10-5-23-41-26-35/h1-26H. The van der Waals surface area contributed by atoms with Gasteiger partial charge in [-0.2, -0.15) is 0 Å². The second kappa shape index (κ2) is 12.0. The first kappa shape index (κ1) is 26.7. The third-order valence-electron chi connectivity index (χ3n) is 7.49. The first-order valence-corrected chi connectivity index (χ1v) is 14.9. The predicted molar refractivity (Wildman–Crippen MR) is 180 cm³/mol. The molecule has 0 radical (unpaired) electrons. The van der Waals surface area contributed by atoms with Gasteiger partial charge < -0.3 is 0 Å². The summed E-state index contributed by atoms with van der Waals surface area (Å²) in [6.45, 7) is 0. The van der Waals surface area contributed by atoms with E-state index in [4.69, 9.17) is 9.97 Å². The molecule has 0 aliphatic heterocycles. The van der Waals surface area contributed by atoms with E-state index in [9.17, 15) is 0 Å². The van der Waals surface area contributed by atoms with Crippen molar-refractivity contribution >= 4 is 15.9 Å². The van der Waals surface area contributed by atoms with Crippen molar-refractivity contribution in [3.8, 4) is 67.3 Å². The quantitative estimate of drug-likeness (QED) is 0.187. The van der Waals surface area contributed by atoms with Crippen LogP contribution in [0.2, 0.25) is 0 Å². The average molecular weight is 617 g/mol. The highest BCUT2D eigenvalue weighted by Crippen LogP contribution is 2.32. The molecule has 7 aromatic rings. The molecule has 2 heterocycles. The third kappa shape index (κ3) is 5.92. The lowest BCUT2D eigenvalue weighted by atomic mass is 9.98. The summed E-state index contributed by atoms with van der Waals surface area (Å²) in [5.41, 5.74) is 11.7. The van der Waals surface area contributed by atoms with Gasteiger partial charge >= 0.3 is 0 Å². The van der Waals surface area contributed by atoms with E-state index in [2.05, 4.69) is 142 Å². The molecule has 3 nitrogen and oxygen atoms in total. The highest BCUT2D eigenvalue weighted by Gasteiger charge is 2.12. The fourth-order valence-electron chi connectivity index (χ4n) is 5.18. The maximum Gasteiger partial charge on any atom is 0.160 e. The molecule has 0 saturated heterocycles. The van der Waals surface area contributed by atoms with Gasteiger partial charge in [-0.15, -0.1) is 0 Å². The molecule has 204 valence electrons. The van der Waals surface area contributed by atoms with E-state index in [-0.39, 0.29) is 0 Å². The van der Waals surface area contributed by atoms with E-state index in [1.54, 1.807) is 6.20 Å². The Morgan fingerprint density at radius 1 is 0.372 bits per heavy atom. The van der Waals surface area contributed by atoms with Gasteiger partial charge in [-0.25, -0.2) is 9.97 Å². The Bertz CT molecular complexity index is 1990. The zero-order chi connectivity index (χ0) is 29.0. The van der Waals surface area contributed by atoms with Gasteiger partial charge in [0, 0.05) is 33.6 Å². The number of pyridine rings is 1. The summed E-state index contributed by atoms with van der Waals surface area (Å²) >= 11 is 3.53. The van der Waals surface area contributed by atoms with Crippen LogP contribution < -0.4 is 0 Å². The largest absolute Gasteiger partial charge is 0.264 e. The van der Waals surface area contributed by atoms with Crippen molar-refractivity contribution in [2.45, 2.75) is 0 Å². The first-order chi connectivity index (χ1) is 21.2. The first-order valence-electron chi connectivity index (χ1n) is 14.1. The van der Waals surface area contributed by atoms with Gasteiger partial charge in [0.15, 0.2) is 5.82 Å². The van der Waals surface area contributed by atoms with E-state index >= 15 is 0 Å². The number of hydrogen-bond acceptors (Lipinski definition) is 3. The molecule has 4 heteroatoms. The van der Waals surface area contributed by atoms with Gasteiger partial charge in [0.25, 0.3) is 0 Å². The monoisotopic (exact) mass is 615 g/mol. The third-order valence-corrected chi connectivity index (χ3v) is 8.02. The average Bonchev–Trinajstić information content (AvgIpc) is 3.09. The van der Waals surface area contributed by atoms with Gasteiger partial charge in [0.1, 0.15) is 0 Å². The Kier molecular flexibility index (Phi) is 7.43. The number of hydrogen-bond donors (Lipinski definition) is 0. The lowest BCUT2D eigenvalue weighted by Crippen LogP contribution is -1.96. The molecule has 0 saturated carbocycles. The molecule has 0 aliphatic rings. The van der Waals surface area contributed by atoms with E-state index < -0.39 is 0 Å². The van der Waals surface area contributed by atoms with Crippen molar-refractivity contribution in [1.29, 1.82) is 0 Å². The Hall–Kier alpha value is -5.19. The number of halogens is 1. The maximum absolute atomic E-state index is 5.04. The highest BCUT2D eigenvalue weighted by atomic mass is 79.9. The lowest BCUT2D eigenvalue weighted by Gasteiger charge is -2.11. The molecule has 43 heavy (non-hydrogen) atoms. The number of benzene rings is 5. The normalized spacial score (nSPS) is 10.9. The van der Waals surface area contributed by atoms with Crippen molar-refractivity contribution in [2.75, 3.05) is 0 Å². The summed E-state index contributed by atoms with van der Waals surface area (Å²) in [5.74, 6) is 0.695. The minimum absolute atomic E-state index is 0.695. The summed E-state index contributed by atoms with van der Waals surface area (Å²) in [7, 11) is 0. The molecule has 0 unspecified atom stereocenters. The number of aromatic nitrogens is 3. The fraction of sp³-hybridized carbons (Fsp3) is 0. The van der Waals surface area contributed by atoms with Gasteiger partial charge in [0.05, 0.1) is 11.4 Å². The van der Waals surface area contributed by atoms with E-state index in [0.29, 0.717) is 5.82 Å². The summed E-state index contributed by atoms with van der Waals surface area (Å²) in [5, 5.41) is 0. The van der Waals surface area contributed by atoms with Crippen LogP contribution in [0, 0.1) is 0 Å². The fourth-order valence-corrected chi connectivity index (χ4v) is 5.44. The van der Waals surface area contributed by atoms with Gasteiger partial charge in [-0.05, 0) is 63.7 Å². The summed E-state index contributed by atoms with van der Waals surface area (Å²) in [4.78, 5) is 14.3. The van der Waals surface area contributed by atoms with Crippen LogP contribution in [-0.2, 0) is 0 Å². The van der Waals surface area contributed by atoms with Gasteiger partial charge in [-0.3, -0.25) is 4.98 Å². The van der Waals surface area contributed by atoms with Crippen LogP contribution >= 0.6 is 15.9 Å². The minimum atomic E-state index is 0.695. The second-order valence-corrected chi connectivity index (χ2v) is 11.2. The SMILES string of the molecule is Brc1ccc(-c2cccc(-c3ccc(-c4cc(-c5ccccc5)nc(-c5ccc(-c6cccnc6)cc5)n4)cc3)c2)cc1. The molecule has 0 amide bonds. The van der Waals surface area contributed by atoms with Crippen LogP contribution in [-0.4, -0.2) is 15.0 Å². The van der Waals surface area contributed by atoms with Crippen LogP contribution in [0.1, 0.15) is 0 Å². The van der Waals surface area contributed by atoms with Crippen LogP contribution in [0.5, 0.6) is 0 Å². The Morgan fingerprint density at radius 2 is 0.860 bits per heavy atom. The highest BCUT2D eigenvalue weighted by molar-refractivity contribution is 9.10. The van der Waals surface area contributed by atoms with Gasteiger partial charge in [-0.1, -0.05) is 131 Å². The lowest BCUT2D eigenvalue weighted by molar-refractivity contribution is 1.18. The molecule has 5 aromatic carbocycles. The topological polar surface area (TPSA) is 38.7 Å². The Morgan fingerprint density at radius 3 is 1.47 bits per heavy atom. The molecule has 0 atom stereocenters. The summed E-state index contributed by atoms with van der Waals surface area (Å²) in [6.07, 6.45) is 3.66. The van der Waals surface area contributed by atoms with Crippen LogP contribution in [0.4, 0.5) is 0 Å². The van der Waals surface area contributed by atoms with Crippen molar-refractivity contribution in [1.82, 2.24) is 15.0 Å². The smallest absolute Gasteiger partial charge is 0.160 e.